The number of urea groups is 1. The van der Waals surface area contributed by atoms with Gasteiger partial charge < -0.3 is 5.32 Å². The second-order valence-electron chi connectivity index (χ2n) is 7.48. The maximum Gasteiger partial charge on any atom is 0.328 e. The zero-order chi connectivity index (χ0) is 18.1. The first-order valence-corrected chi connectivity index (χ1v) is 11.2. The van der Waals surface area contributed by atoms with Crippen LogP contribution in [0.2, 0.25) is 0 Å². The molecule has 1 aliphatic rings. The predicted octanol–water partition coefficient (Wildman–Crippen LogP) is 4.48. The summed E-state index contributed by atoms with van der Waals surface area (Å²) >= 11 is 0. The van der Waals surface area contributed by atoms with Gasteiger partial charge in [0.2, 0.25) is 10.0 Å². The molecular formula is C18H36N2O3S. The van der Waals surface area contributed by atoms with E-state index in [1.807, 2.05) is 6.92 Å². The highest BCUT2D eigenvalue weighted by Gasteiger charge is 2.37. The van der Waals surface area contributed by atoms with Crippen LogP contribution in [-0.2, 0) is 10.0 Å². The largest absolute Gasteiger partial charge is 0.332 e. The Morgan fingerprint density at radius 3 is 1.88 bits per heavy atom. The van der Waals surface area contributed by atoms with Crippen molar-refractivity contribution >= 4 is 16.1 Å². The molecule has 1 saturated carbocycles. The first-order valence-electron chi connectivity index (χ1n) is 9.67. The summed E-state index contributed by atoms with van der Waals surface area (Å²) in [5.74, 6) is 0. The molecule has 0 saturated heterocycles. The Morgan fingerprint density at radius 1 is 0.958 bits per heavy atom. The van der Waals surface area contributed by atoms with Gasteiger partial charge in [0.1, 0.15) is 0 Å². The average molecular weight is 361 g/mol. The molecule has 1 rings (SSSR count). The minimum absolute atomic E-state index is 0.329. The summed E-state index contributed by atoms with van der Waals surface area (Å²) in [7, 11) is -3.48. The van der Waals surface area contributed by atoms with Gasteiger partial charge in [-0.25, -0.2) is 17.9 Å². The van der Waals surface area contributed by atoms with Crippen LogP contribution in [0.5, 0.6) is 0 Å². The first kappa shape index (κ1) is 21.3. The highest BCUT2D eigenvalue weighted by molar-refractivity contribution is 7.90. The van der Waals surface area contributed by atoms with Gasteiger partial charge in [0.05, 0.1) is 5.25 Å². The molecule has 2 amide bonds. The minimum Gasteiger partial charge on any atom is -0.332 e. The van der Waals surface area contributed by atoms with Crippen molar-refractivity contribution in [3.05, 3.63) is 0 Å². The van der Waals surface area contributed by atoms with Crippen LogP contribution in [0.25, 0.3) is 0 Å². The van der Waals surface area contributed by atoms with E-state index in [1.54, 1.807) is 0 Å². The van der Waals surface area contributed by atoms with E-state index in [4.69, 9.17) is 0 Å². The number of hydrogen-bond acceptors (Lipinski definition) is 3. The third-order valence-electron chi connectivity index (χ3n) is 4.78. The molecule has 0 bridgehead atoms. The third-order valence-corrected chi connectivity index (χ3v) is 6.60. The van der Waals surface area contributed by atoms with Crippen LogP contribution in [0.4, 0.5) is 4.79 Å². The molecule has 5 nitrogen and oxygen atoms in total. The molecule has 0 spiro atoms. The Hall–Kier alpha value is -0.780. The van der Waals surface area contributed by atoms with Crippen LogP contribution in [0.1, 0.15) is 97.8 Å². The Balaban J connectivity index is 2.52. The van der Waals surface area contributed by atoms with Gasteiger partial charge in [0, 0.05) is 5.54 Å². The molecule has 1 fully saturated rings. The predicted molar refractivity (Wildman–Crippen MR) is 99.5 cm³/mol. The molecule has 6 heteroatoms. The summed E-state index contributed by atoms with van der Waals surface area (Å²) in [5, 5.41) is 2.59. The molecule has 142 valence electrons. The lowest BCUT2D eigenvalue weighted by atomic mass is 9.88. The SMILES string of the molecule is CCCCCCC(C)(CCCCCC)NC(=O)NS(=O)(=O)C1CC1. The molecule has 0 aromatic heterocycles. The highest BCUT2D eigenvalue weighted by atomic mass is 32.2. The normalized spacial score (nSPS) is 15.3. The molecule has 0 heterocycles. The fourth-order valence-corrected chi connectivity index (χ4v) is 4.26. The molecule has 1 aliphatic carbocycles. The van der Waals surface area contributed by atoms with Crippen molar-refractivity contribution in [3.63, 3.8) is 0 Å². The van der Waals surface area contributed by atoms with Gasteiger partial charge in [-0.1, -0.05) is 65.2 Å². The van der Waals surface area contributed by atoms with Crippen molar-refractivity contribution < 1.29 is 13.2 Å². The van der Waals surface area contributed by atoms with Crippen LogP contribution in [-0.4, -0.2) is 25.2 Å². The lowest BCUT2D eigenvalue weighted by molar-refractivity contribution is 0.223. The Morgan fingerprint density at radius 2 is 1.46 bits per heavy atom. The lowest BCUT2D eigenvalue weighted by Crippen LogP contribution is -2.52. The monoisotopic (exact) mass is 360 g/mol. The second-order valence-corrected chi connectivity index (χ2v) is 9.44. The number of carbonyl (C=O) groups is 1. The van der Waals surface area contributed by atoms with E-state index in [9.17, 15) is 13.2 Å². The van der Waals surface area contributed by atoms with Crippen LogP contribution in [0.3, 0.4) is 0 Å². The zero-order valence-corrected chi connectivity index (χ0v) is 16.5. The number of carbonyl (C=O) groups excluding carboxylic acids is 1. The summed E-state index contributed by atoms with van der Waals surface area (Å²) in [5.41, 5.74) is -0.329. The van der Waals surface area contributed by atoms with E-state index in [0.717, 1.165) is 38.5 Å². The number of amides is 2. The number of hydrogen-bond donors (Lipinski definition) is 2. The number of sulfonamides is 1. The maximum absolute atomic E-state index is 12.2. The van der Waals surface area contributed by atoms with Crippen molar-refractivity contribution in [1.29, 1.82) is 0 Å². The van der Waals surface area contributed by atoms with Crippen LogP contribution in [0.15, 0.2) is 0 Å². The summed E-state index contributed by atoms with van der Waals surface area (Å²) in [6.07, 6.45) is 12.3. The van der Waals surface area contributed by atoms with E-state index >= 15 is 0 Å². The van der Waals surface area contributed by atoms with Crippen molar-refractivity contribution in [2.45, 2.75) is 109 Å². The topological polar surface area (TPSA) is 75.3 Å². The molecule has 0 aromatic carbocycles. The van der Waals surface area contributed by atoms with Crippen LogP contribution < -0.4 is 10.0 Å². The van der Waals surface area contributed by atoms with Crippen molar-refractivity contribution in [1.82, 2.24) is 10.0 Å². The molecular weight excluding hydrogens is 324 g/mol. The van der Waals surface area contributed by atoms with Crippen molar-refractivity contribution in [2.24, 2.45) is 0 Å². The van der Waals surface area contributed by atoms with Gasteiger partial charge in [-0.15, -0.1) is 0 Å². The number of unbranched alkanes of at least 4 members (excludes halogenated alkanes) is 6. The van der Waals surface area contributed by atoms with Gasteiger partial charge in [-0.3, -0.25) is 0 Å². The van der Waals surface area contributed by atoms with Crippen molar-refractivity contribution in [2.75, 3.05) is 0 Å². The molecule has 2 N–H and O–H groups in total. The lowest BCUT2D eigenvalue weighted by Gasteiger charge is -2.31. The molecule has 0 aliphatic heterocycles. The van der Waals surface area contributed by atoms with E-state index in [1.165, 1.54) is 25.7 Å². The number of nitrogens with one attached hydrogen (secondary N) is 2. The molecule has 0 atom stereocenters. The Labute approximate surface area is 148 Å². The Kier molecular flexibility index (Phi) is 9.09. The smallest absolute Gasteiger partial charge is 0.328 e. The fourth-order valence-electron chi connectivity index (χ4n) is 3.02. The minimum atomic E-state index is -3.48. The van der Waals surface area contributed by atoms with Gasteiger partial charge in [-0.05, 0) is 32.6 Å². The molecule has 24 heavy (non-hydrogen) atoms. The van der Waals surface area contributed by atoms with Gasteiger partial charge >= 0.3 is 6.03 Å². The summed E-state index contributed by atoms with van der Waals surface area (Å²) in [6, 6.07) is -0.560. The summed E-state index contributed by atoms with van der Waals surface area (Å²) in [4.78, 5) is 12.2. The zero-order valence-electron chi connectivity index (χ0n) is 15.7. The summed E-state index contributed by atoms with van der Waals surface area (Å²) < 4.78 is 26.0. The summed E-state index contributed by atoms with van der Waals surface area (Å²) in [6.45, 7) is 6.41. The van der Waals surface area contributed by atoms with Crippen molar-refractivity contribution in [3.8, 4) is 0 Å². The van der Waals surface area contributed by atoms with E-state index in [0.29, 0.717) is 12.8 Å². The number of rotatable bonds is 13. The standard InChI is InChI=1S/C18H36N2O3S/c1-4-6-8-10-14-18(3,15-11-9-7-5-2)19-17(21)20-24(22,23)16-12-13-16/h16H,4-15H2,1-3H3,(H2,19,20,21). The molecule has 0 aromatic rings. The quantitative estimate of drug-likeness (QED) is 0.476. The van der Waals surface area contributed by atoms with E-state index in [2.05, 4.69) is 23.9 Å². The van der Waals surface area contributed by atoms with Gasteiger partial charge in [-0.2, -0.15) is 0 Å². The maximum atomic E-state index is 12.2. The van der Waals surface area contributed by atoms with Gasteiger partial charge in [0.15, 0.2) is 0 Å². The molecule has 0 unspecified atom stereocenters. The average Bonchev–Trinajstić information content (AvgIpc) is 3.33. The van der Waals surface area contributed by atoms with Crippen LogP contribution >= 0.6 is 0 Å². The fraction of sp³-hybridized carbons (Fsp3) is 0.944. The Bertz CT molecular complexity index is 461. The van der Waals surface area contributed by atoms with E-state index in [-0.39, 0.29) is 10.8 Å². The molecule has 0 radical (unpaired) electrons. The van der Waals surface area contributed by atoms with Gasteiger partial charge in [0.25, 0.3) is 0 Å². The highest BCUT2D eigenvalue weighted by Crippen LogP contribution is 2.27. The van der Waals surface area contributed by atoms with E-state index < -0.39 is 16.1 Å². The van der Waals surface area contributed by atoms with Crippen LogP contribution in [0, 0.1) is 0 Å². The third kappa shape index (κ3) is 8.36. The first-order chi connectivity index (χ1) is 11.3. The second kappa shape index (κ2) is 10.3.